The Labute approximate surface area is 85.1 Å². The van der Waals surface area contributed by atoms with E-state index in [2.05, 4.69) is 30.9 Å². The predicted molar refractivity (Wildman–Crippen MR) is 58.0 cm³/mol. The van der Waals surface area contributed by atoms with Gasteiger partial charge in [-0.2, -0.15) is 0 Å². The molecular weight excluding hydrogens is 172 g/mol. The zero-order valence-corrected chi connectivity index (χ0v) is 8.63. The van der Waals surface area contributed by atoms with Gasteiger partial charge in [0.1, 0.15) is 0 Å². The topological polar surface area (TPSA) is 17.1 Å². The van der Waals surface area contributed by atoms with Crippen molar-refractivity contribution in [1.82, 2.24) is 0 Å². The van der Waals surface area contributed by atoms with E-state index in [1.165, 1.54) is 12.5 Å². The summed E-state index contributed by atoms with van der Waals surface area (Å²) in [4.78, 5) is 10.6. The maximum absolute atomic E-state index is 10.6. The van der Waals surface area contributed by atoms with Gasteiger partial charge in [0.2, 0.25) is 5.78 Å². The fourth-order valence-electron chi connectivity index (χ4n) is 1.20. The van der Waals surface area contributed by atoms with Gasteiger partial charge in [-0.15, -0.1) is 0 Å². The molecule has 72 valence electrons. The van der Waals surface area contributed by atoms with Crippen molar-refractivity contribution in [1.29, 1.82) is 0 Å². The Kier molecular flexibility index (Phi) is 3.94. The van der Waals surface area contributed by atoms with Gasteiger partial charge in [0.25, 0.3) is 0 Å². The molecule has 1 nitrogen and oxygen atoms in total. The summed E-state index contributed by atoms with van der Waals surface area (Å²) >= 11 is 0. The van der Waals surface area contributed by atoms with Gasteiger partial charge in [-0.05, 0) is 30.0 Å². The van der Waals surface area contributed by atoms with E-state index in [1.54, 1.807) is 0 Å². The van der Waals surface area contributed by atoms with Crippen molar-refractivity contribution in [2.45, 2.75) is 26.7 Å². The number of aryl methyl sites for hydroxylation is 1. The van der Waals surface area contributed by atoms with E-state index < -0.39 is 0 Å². The second-order valence-corrected chi connectivity index (χ2v) is 3.25. The van der Waals surface area contributed by atoms with Gasteiger partial charge in [-0.25, -0.2) is 0 Å². The molecule has 0 fully saturated rings. The number of hydrogen-bond donors (Lipinski definition) is 0. The molecule has 0 saturated heterocycles. The van der Waals surface area contributed by atoms with Crippen LogP contribution in [0.3, 0.4) is 0 Å². The molecule has 1 rings (SSSR count). The van der Waals surface area contributed by atoms with Crippen LogP contribution in [0.4, 0.5) is 0 Å². The molecule has 0 N–H and O–H groups in total. The third-order valence-electron chi connectivity index (χ3n) is 1.88. The molecule has 0 amide bonds. The van der Waals surface area contributed by atoms with Crippen LogP contribution in [0.5, 0.6) is 0 Å². The monoisotopic (exact) mass is 186 g/mol. The third-order valence-corrected chi connectivity index (χ3v) is 1.88. The first-order chi connectivity index (χ1) is 6.72. The highest BCUT2D eigenvalue weighted by Gasteiger charge is 1.91. The van der Waals surface area contributed by atoms with Crippen LogP contribution in [-0.2, 0) is 11.2 Å². The van der Waals surface area contributed by atoms with Gasteiger partial charge in [-0.1, -0.05) is 31.4 Å². The van der Waals surface area contributed by atoms with Crippen LogP contribution in [0.15, 0.2) is 24.3 Å². The fourth-order valence-corrected chi connectivity index (χ4v) is 1.20. The molecule has 1 heteroatoms. The average molecular weight is 186 g/mol. The summed E-state index contributed by atoms with van der Waals surface area (Å²) in [6, 6.07) is 8.04. The van der Waals surface area contributed by atoms with Crippen LogP contribution >= 0.6 is 0 Å². The molecule has 1 aromatic carbocycles. The zero-order chi connectivity index (χ0) is 10.4. The largest absolute Gasteiger partial charge is 0.285 e. The highest BCUT2D eigenvalue weighted by molar-refractivity contribution is 5.93. The normalized spacial score (nSPS) is 9.00. The molecule has 0 aliphatic carbocycles. The number of hydrogen-bond acceptors (Lipinski definition) is 1. The number of benzene rings is 1. The average Bonchev–Trinajstić information content (AvgIpc) is 2.17. The smallest absolute Gasteiger partial charge is 0.202 e. The van der Waals surface area contributed by atoms with Crippen molar-refractivity contribution < 1.29 is 4.79 Å². The summed E-state index contributed by atoms with van der Waals surface area (Å²) in [6.07, 6.45) is 2.25. The minimum absolute atomic E-state index is 0.0948. The molecular formula is C13H14O. The van der Waals surface area contributed by atoms with Gasteiger partial charge in [0.05, 0.1) is 0 Å². The number of carbonyl (C=O) groups is 1. The summed E-state index contributed by atoms with van der Waals surface area (Å²) in [5.41, 5.74) is 2.22. The Balaban J connectivity index is 2.75. The zero-order valence-electron chi connectivity index (χ0n) is 8.63. The Morgan fingerprint density at radius 1 is 1.29 bits per heavy atom. The van der Waals surface area contributed by atoms with Crippen molar-refractivity contribution >= 4 is 5.78 Å². The molecule has 14 heavy (non-hydrogen) atoms. The molecule has 1 aromatic rings. The summed E-state index contributed by atoms with van der Waals surface area (Å²) in [6.45, 7) is 3.63. The van der Waals surface area contributed by atoms with E-state index in [9.17, 15) is 4.79 Å². The van der Waals surface area contributed by atoms with Crippen molar-refractivity contribution in [3.63, 3.8) is 0 Å². The van der Waals surface area contributed by atoms with Crippen LogP contribution < -0.4 is 0 Å². The molecule has 0 unspecified atom stereocenters. The predicted octanol–water partition coefficient (Wildman–Crippen LogP) is 2.58. The second kappa shape index (κ2) is 5.24. The molecule has 0 atom stereocenters. The SMILES string of the molecule is CCCc1ccc(C#CC(C)=O)cc1. The lowest BCUT2D eigenvalue weighted by Crippen LogP contribution is -1.84. The lowest BCUT2D eigenvalue weighted by molar-refractivity contribution is -0.111. The molecule has 0 aliphatic heterocycles. The molecule has 0 aliphatic rings. The summed E-state index contributed by atoms with van der Waals surface area (Å²) in [5, 5.41) is 0. The van der Waals surface area contributed by atoms with Gasteiger partial charge < -0.3 is 0 Å². The van der Waals surface area contributed by atoms with Crippen molar-refractivity contribution in [3.05, 3.63) is 35.4 Å². The minimum atomic E-state index is -0.0948. The van der Waals surface area contributed by atoms with Crippen molar-refractivity contribution in [2.24, 2.45) is 0 Å². The maximum atomic E-state index is 10.6. The van der Waals surface area contributed by atoms with Crippen LogP contribution in [0.1, 0.15) is 31.4 Å². The first kappa shape index (κ1) is 10.5. The lowest BCUT2D eigenvalue weighted by atomic mass is 10.1. The van der Waals surface area contributed by atoms with Gasteiger partial charge in [-0.3, -0.25) is 4.79 Å². The van der Waals surface area contributed by atoms with E-state index in [1.807, 2.05) is 12.1 Å². The highest BCUT2D eigenvalue weighted by atomic mass is 16.1. The van der Waals surface area contributed by atoms with Crippen LogP contribution in [0, 0.1) is 11.8 Å². The number of Topliss-reactive ketones (excluding diaryl/α,β-unsaturated/α-hetero) is 1. The molecule has 0 saturated carbocycles. The van der Waals surface area contributed by atoms with Crippen molar-refractivity contribution in [3.8, 4) is 11.8 Å². The third kappa shape index (κ3) is 3.45. The lowest BCUT2D eigenvalue weighted by Gasteiger charge is -1.97. The molecule has 0 spiro atoms. The first-order valence-corrected chi connectivity index (χ1v) is 4.84. The molecule has 0 aromatic heterocycles. The number of rotatable bonds is 2. The van der Waals surface area contributed by atoms with Crippen LogP contribution in [0.2, 0.25) is 0 Å². The Hall–Kier alpha value is -1.55. The molecule has 0 bridgehead atoms. The molecule has 0 heterocycles. The van der Waals surface area contributed by atoms with E-state index in [0.717, 1.165) is 18.4 Å². The molecule has 0 radical (unpaired) electrons. The van der Waals surface area contributed by atoms with E-state index >= 15 is 0 Å². The van der Waals surface area contributed by atoms with Crippen LogP contribution in [-0.4, -0.2) is 5.78 Å². The maximum Gasteiger partial charge on any atom is 0.202 e. The highest BCUT2D eigenvalue weighted by Crippen LogP contribution is 2.05. The van der Waals surface area contributed by atoms with Gasteiger partial charge in [0.15, 0.2) is 0 Å². The van der Waals surface area contributed by atoms with Crippen molar-refractivity contribution in [2.75, 3.05) is 0 Å². The van der Waals surface area contributed by atoms with E-state index in [0.29, 0.717) is 0 Å². The van der Waals surface area contributed by atoms with Gasteiger partial charge in [0, 0.05) is 12.5 Å². The van der Waals surface area contributed by atoms with E-state index in [-0.39, 0.29) is 5.78 Å². The van der Waals surface area contributed by atoms with Crippen LogP contribution in [0.25, 0.3) is 0 Å². The second-order valence-electron chi connectivity index (χ2n) is 3.25. The summed E-state index contributed by atoms with van der Waals surface area (Å²) in [5.74, 6) is 5.24. The quantitative estimate of drug-likeness (QED) is 0.649. The standard InChI is InChI=1S/C13H14O/c1-3-4-12-7-9-13(10-8-12)6-5-11(2)14/h7-10H,3-4H2,1-2H3. The number of carbonyl (C=O) groups excluding carboxylic acids is 1. The summed E-state index contributed by atoms with van der Waals surface area (Å²) < 4.78 is 0. The first-order valence-electron chi connectivity index (χ1n) is 4.84. The minimum Gasteiger partial charge on any atom is -0.285 e. The Bertz CT molecular complexity index is 362. The fraction of sp³-hybridized carbons (Fsp3) is 0.308. The Morgan fingerprint density at radius 3 is 2.43 bits per heavy atom. The van der Waals surface area contributed by atoms with Gasteiger partial charge >= 0.3 is 0 Å². The Morgan fingerprint density at radius 2 is 1.93 bits per heavy atom. The summed E-state index contributed by atoms with van der Waals surface area (Å²) in [7, 11) is 0. The number of ketones is 1. The van der Waals surface area contributed by atoms with E-state index in [4.69, 9.17) is 0 Å².